The van der Waals surface area contributed by atoms with Gasteiger partial charge in [-0.05, 0) is 38.9 Å². The number of benzene rings is 5. The molecule has 0 aliphatic rings. The fourth-order valence-electron chi connectivity index (χ4n) is 4.30. The Labute approximate surface area is 211 Å². The van der Waals surface area contributed by atoms with E-state index in [1.165, 1.54) is 5.39 Å². The third kappa shape index (κ3) is 3.98. The number of carbonyl (C=O) groups is 1. The fourth-order valence-corrected chi connectivity index (χ4v) is 4.30. The molecule has 0 atom stereocenters. The summed E-state index contributed by atoms with van der Waals surface area (Å²) in [5, 5.41) is 4.36. The summed E-state index contributed by atoms with van der Waals surface area (Å²) in [6.45, 7) is 1.82. The number of carbonyl (C=O) groups excluding carboxylic acids is 1. The average molecular weight is 426 g/mol. The Morgan fingerprint density at radius 3 is 1.75 bits per heavy atom. The third-order valence-corrected chi connectivity index (χ3v) is 5.65. The van der Waals surface area contributed by atoms with E-state index in [-0.39, 0.29) is 37.0 Å². The van der Waals surface area contributed by atoms with Crippen LogP contribution in [-0.2, 0) is 4.79 Å². The zero-order valence-corrected chi connectivity index (χ0v) is 20.3. The maximum absolute atomic E-state index is 12.3. The molecular weight excluding hydrogens is 403 g/mol. The monoisotopic (exact) mass is 426 g/mol. The maximum atomic E-state index is 12.3. The molecule has 0 fully saturated rings. The van der Waals surface area contributed by atoms with Gasteiger partial charge in [-0.25, -0.2) is 0 Å². The van der Waals surface area contributed by atoms with Crippen LogP contribution in [0.4, 0.5) is 0 Å². The first kappa shape index (κ1) is 22.3. The van der Waals surface area contributed by atoms with Gasteiger partial charge in [0.1, 0.15) is 5.75 Å². The van der Waals surface area contributed by atoms with E-state index in [4.69, 9.17) is 4.74 Å². The van der Waals surface area contributed by atoms with Crippen LogP contribution < -0.4 is 34.3 Å². The summed E-state index contributed by atoms with van der Waals surface area (Å²) >= 11 is 0. The summed E-state index contributed by atoms with van der Waals surface area (Å²) in [5.41, 5.74) is 4.48. The Kier molecular flexibility index (Phi) is 6.76. The van der Waals surface area contributed by atoms with Crippen molar-refractivity contribution in [2.75, 3.05) is 0 Å². The number of hydrogen-bond acceptors (Lipinski definition) is 2. The van der Waals surface area contributed by atoms with Crippen molar-refractivity contribution in [2.24, 2.45) is 0 Å². The van der Waals surface area contributed by atoms with E-state index < -0.39 is 0 Å². The second-order valence-corrected chi connectivity index (χ2v) is 7.53. The molecular formula is C29H23NaO2. The molecule has 0 heterocycles. The molecule has 0 amide bonds. The van der Waals surface area contributed by atoms with E-state index in [1.807, 2.05) is 43.3 Å². The summed E-state index contributed by atoms with van der Waals surface area (Å²) in [5.74, 6) is 0.368. The van der Waals surface area contributed by atoms with E-state index >= 15 is 0 Å². The van der Waals surface area contributed by atoms with Crippen LogP contribution in [0, 0.1) is 0 Å². The SMILES string of the molecule is CCC(=O)Oc1cccc2c(-c3ccccc3)c3ccccc3c(-c3ccccc3)c12.[H-].[Na+]. The number of fused-ring (bicyclic) bond motifs is 2. The molecule has 0 aromatic heterocycles. The van der Waals surface area contributed by atoms with Gasteiger partial charge in [-0.3, -0.25) is 4.79 Å². The predicted molar refractivity (Wildman–Crippen MR) is 129 cm³/mol. The molecule has 32 heavy (non-hydrogen) atoms. The number of hydrogen-bond donors (Lipinski definition) is 0. The molecule has 3 heteroatoms. The first-order valence-corrected chi connectivity index (χ1v) is 10.6. The standard InChI is InChI=1S/C29H22O2.Na.H/c1-2-26(30)31-25-19-11-18-24-27(20-12-5-3-6-13-20)22-16-9-10-17-23(22)28(29(24)25)21-14-7-4-8-15-21;;/h3-19H,2H2,1H3;;/q;+1;-1. The van der Waals surface area contributed by atoms with Crippen LogP contribution in [0.2, 0.25) is 0 Å². The molecule has 0 aliphatic carbocycles. The molecule has 0 spiro atoms. The minimum absolute atomic E-state index is 0. The van der Waals surface area contributed by atoms with Crippen molar-refractivity contribution < 1.29 is 40.5 Å². The molecule has 5 aromatic carbocycles. The van der Waals surface area contributed by atoms with Crippen LogP contribution in [0.5, 0.6) is 5.75 Å². The Balaban J connectivity index is 0.00000153. The molecule has 0 saturated heterocycles. The first-order chi connectivity index (χ1) is 15.3. The topological polar surface area (TPSA) is 26.3 Å². The molecule has 0 N–H and O–H groups in total. The van der Waals surface area contributed by atoms with Crippen molar-refractivity contribution in [1.29, 1.82) is 0 Å². The van der Waals surface area contributed by atoms with Gasteiger partial charge >= 0.3 is 35.5 Å². The van der Waals surface area contributed by atoms with E-state index in [1.54, 1.807) is 0 Å². The number of rotatable bonds is 4. The summed E-state index contributed by atoms with van der Waals surface area (Å²) in [6, 6.07) is 35.2. The van der Waals surface area contributed by atoms with Crippen LogP contribution in [0.25, 0.3) is 43.8 Å². The van der Waals surface area contributed by atoms with Crippen molar-refractivity contribution in [2.45, 2.75) is 13.3 Å². The molecule has 0 radical (unpaired) electrons. The zero-order chi connectivity index (χ0) is 21.2. The molecule has 0 aliphatic heterocycles. The first-order valence-electron chi connectivity index (χ1n) is 10.6. The van der Waals surface area contributed by atoms with Crippen molar-refractivity contribution in [3.05, 3.63) is 103 Å². The van der Waals surface area contributed by atoms with Gasteiger partial charge in [0.2, 0.25) is 0 Å². The molecule has 5 rings (SSSR count). The summed E-state index contributed by atoms with van der Waals surface area (Å²) < 4.78 is 5.84. The van der Waals surface area contributed by atoms with Gasteiger partial charge < -0.3 is 6.16 Å². The third-order valence-electron chi connectivity index (χ3n) is 5.65. The fraction of sp³-hybridized carbons (Fsp3) is 0.0690. The number of esters is 1. The van der Waals surface area contributed by atoms with Gasteiger partial charge in [-0.15, -0.1) is 0 Å². The second kappa shape index (κ2) is 9.70. The smallest absolute Gasteiger partial charge is 1.00 e. The van der Waals surface area contributed by atoms with Crippen molar-refractivity contribution in [1.82, 2.24) is 0 Å². The van der Waals surface area contributed by atoms with Gasteiger partial charge in [-0.1, -0.05) is 104 Å². The van der Waals surface area contributed by atoms with Crippen LogP contribution >= 0.6 is 0 Å². The maximum Gasteiger partial charge on any atom is 1.00 e. The Hall–Kier alpha value is -2.91. The van der Waals surface area contributed by atoms with E-state index in [0.717, 1.165) is 38.4 Å². The second-order valence-electron chi connectivity index (χ2n) is 7.53. The molecule has 0 bridgehead atoms. The minimum atomic E-state index is -0.235. The molecule has 152 valence electrons. The van der Waals surface area contributed by atoms with Gasteiger partial charge in [0.15, 0.2) is 0 Å². The number of ether oxygens (including phenoxy) is 1. The van der Waals surface area contributed by atoms with Crippen molar-refractivity contribution in [3.63, 3.8) is 0 Å². The average Bonchev–Trinajstić information content (AvgIpc) is 2.83. The zero-order valence-electron chi connectivity index (χ0n) is 19.3. The largest absolute Gasteiger partial charge is 1.00 e. The van der Waals surface area contributed by atoms with Crippen LogP contribution in [0.15, 0.2) is 103 Å². The van der Waals surface area contributed by atoms with Gasteiger partial charge in [0, 0.05) is 17.4 Å². The Morgan fingerprint density at radius 2 is 1.16 bits per heavy atom. The molecule has 5 aromatic rings. The quantitative estimate of drug-likeness (QED) is 0.179. The van der Waals surface area contributed by atoms with Crippen molar-refractivity contribution in [3.8, 4) is 28.0 Å². The normalized spacial score (nSPS) is 10.7. The van der Waals surface area contributed by atoms with Crippen LogP contribution in [0.1, 0.15) is 14.8 Å². The van der Waals surface area contributed by atoms with Crippen LogP contribution in [-0.4, -0.2) is 5.97 Å². The Bertz CT molecular complexity index is 1400. The van der Waals surface area contributed by atoms with E-state index in [2.05, 4.69) is 66.7 Å². The molecule has 0 unspecified atom stereocenters. The molecule has 2 nitrogen and oxygen atoms in total. The van der Waals surface area contributed by atoms with Gasteiger partial charge in [0.25, 0.3) is 0 Å². The van der Waals surface area contributed by atoms with Gasteiger partial charge in [-0.2, -0.15) is 0 Å². The Morgan fingerprint density at radius 1 is 0.656 bits per heavy atom. The van der Waals surface area contributed by atoms with Crippen LogP contribution in [0.3, 0.4) is 0 Å². The van der Waals surface area contributed by atoms with Gasteiger partial charge in [0.05, 0.1) is 0 Å². The van der Waals surface area contributed by atoms with E-state index in [0.29, 0.717) is 12.2 Å². The predicted octanol–water partition coefficient (Wildman–Crippen LogP) is 4.76. The summed E-state index contributed by atoms with van der Waals surface area (Å²) in [6.07, 6.45) is 0.330. The van der Waals surface area contributed by atoms with Crippen molar-refractivity contribution >= 4 is 27.5 Å². The minimum Gasteiger partial charge on any atom is -1.00 e. The summed E-state index contributed by atoms with van der Waals surface area (Å²) in [4.78, 5) is 12.3. The van der Waals surface area contributed by atoms with E-state index in [9.17, 15) is 4.79 Å². The molecule has 0 saturated carbocycles. The summed E-state index contributed by atoms with van der Waals surface area (Å²) in [7, 11) is 0.